The summed E-state index contributed by atoms with van der Waals surface area (Å²) in [7, 11) is -3.33. The topological polar surface area (TPSA) is 101 Å². The van der Waals surface area contributed by atoms with E-state index in [9.17, 15) is 13.2 Å². The minimum Gasteiger partial charge on any atom is -0.321 e. The zero-order chi connectivity index (χ0) is 15.5. The van der Waals surface area contributed by atoms with Crippen LogP contribution < -0.4 is 10.0 Å². The molecule has 110 valence electrons. The molecule has 21 heavy (non-hydrogen) atoms. The van der Waals surface area contributed by atoms with Crippen LogP contribution in [0, 0.1) is 0 Å². The van der Waals surface area contributed by atoms with Crippen LogP contribution in [0.1, 0.15) is 10.5 Å². The number of benzene rings is 1. The second-order valence-corrected chi connectivity index (χ2v) is 6.27. The summed E-state index contributed by atoms with van der Waals surface area (Å²) in [6, 6.07) is 6.19. The Morgan fingerprint density at radius 3 is 2.24 bits per heavy atom. The molecular weight excluding hydrogens is 316 g/mol. The Morgan fingerprint density at radius 1 is 1.10 bits per heavy atom. The predicted molar refractivity (Wildman–Crippen MR) is 79.9 cm³/mol. The van der Waals surface area contributed by atoms with Crippen LogP contribution in [-0.2, 0) is 10.0 Å². The molecule has 0 saturated carbocycles. The molecule has 0 aliphatic carbocycles. The van der Waals surface area contributed by atoms with Crippen LogP contribution in [0.5, 0.6) is 0 Å². The minimum atomic E-state index is -3.33. The number of sulfonamides is 1. The third-order valence-electron chi connectivity index (χ3n) is 2.30. The van der Waals surface area contributed by atoms with Gasteiger partial charge < -0.3 is 5.32 Å². The number of carbonyl (C=O) groups is 1. The van der Waals surface area contributed by atoms with Gasteiger partial charge in [-0.15, -0.1) is 0 Å². The smallest absolute Gasteiger partial charge is 0.275 e. The summed E-state index contributed by atoms with van der Waals surface area (Å²) < 4.78 is 24.5. The molecule has 1 aromatic heterocycles. The third kappa shape index (κ3) is 4.69. The van der Waals surface area contributed by atoms with Crippen molar-refractivity contribution in [3.05, 3.63) is 47.5 Å². The number of aromatic nitrogens is 2. The highest BCUT2D eigenvalue weighted by Crippen LogP contribution is 2.15. The van der Waals surface area contributed by atoms with Gasteiger partial charge in [0.15, 0.2) is 0 Å². The van der Waals surface area contributed by atoms with E-state index >= 15 is 0 Å². The molecule has 0 fully saturated rings. The molecule has 0 bridgehead atoms. The first-order valence-corrected chi connectivity index (χ1v) is 7.97. The van der Waals surface area contributed by atoms with Crippen LogP contribution >= 0.6 is 11.6 Å². The van der Waals surface area contributed by atoms with E-state index in [1.54, 1.807) is 12.1 Å². The summed E-state index contributed by atoms with van der Waals surface area (Å²) in [6.45, 7) is 0. The first-order chi connectivity index (χ1) is 9.83. The highest BCUT2D eigenvalue weighted by molar-refractivity contribution is 7.92. The van der Waals surface area contributed by atoms with E-state index in [1.807, 2.05) is 0 Å². The van der Waals surface area contributed by atoms with Crippen LogP contribution in [0.15, 0.2) is 36.7 Å². The third-order valence-corrected chi connectivity index (χ3v) is 3.10. The van der Waals surface area contributed by atoms with Gasteiger partial charge in [-0.3, -0.25) is 9.52 Å². The number of hydrogen-bond acceptors (Lipinski definition) is 5. The fraction of sp³-hybridized carbons (Fsp3) is 0.0833. The molecule has 9 heteroatoms. The Morgan fingerprint density at radius 2 is 1.71 bits per heavy atom. The zero-order valence-electron chi connectivity index (χ0n) is 10.9. The normalized spacial score (nSPS) is 11.0. The maximum absolute atomic E-state index is 11.9. The number of hydrogen-bond donors (Lipinski definition) is 2. The van der Waals surface area contributed by atoms with Crippen molar-refractivity contribution in [3.63, 3.8) is 0 Å². The van der Waals surface area contributed by atoms with Crippen LogP contribution in [0.25, 0.3) is 0 Å². The second kappa shape index (κ2) is 6.06. The van der Waals surface area contributed by atoms with Crippen LogP contribution in [0.4, 0.5) is 11.4 Å². The first kappa shape index (κ1) is 15.2. The van der Waals surface area contributed by atoms with E-state index in [2.05, 4.69) is 20.0 Å². The molecule has 0 saturated heterocycles. The highest BCUT2D eigenvalue weighted by atomic mass is 35.5. The lowest BCUT2D eigenvalue weighted by Crippen LogP contribution is -2.14. The van der Waals surface area contributed by atoms with Crippen molar-refractivity contribution < 1.29 is 13.2 Å². The van der Waals surface area contributed by atoms with Gasteiger partial charge in [0.25, 0.3) is 5.91 Å². The van der Waals surface area contributed by atoms with Gasteiger partial charge in [0, 0.05) is 11.4 Å². The molecule has 2 N–H and O–H groups in total. The number of rotatable bonds is 4. The first-order valence-electron chi connectivity index (χ1n) is 5.70. The Kier molecular flexibility index (Phi) is 4.39. The molecule has 0 aliphatic rings. The number of nitrogens with zero attached hydrogens (tertiary/aromatic N) is 2. The summed E-state index contributed by atoms with van der Waals surface area (Å²) in [5, 5.41) is 2.80. The van der Waals surface area contributed by atoms with Crippen molar-refractivity contribution in [2.45, 2.75) is 0 Å². The van der Waals surface area contributed by atoms with Gasteiger partial charge in [-0.25, -0.2) is 18.4 Å². The standard InChI is InChI=1S/C12H11ClN4O3S/c1-21(19,20)17-9-4-2-8(3-5-9)16-12(18)10-6-15-11(13)7-14-10/h2-7,17H,1H3,(H,16,18). The summed E-state index contributed by atoms with van der Waals surface area (Å²) in [6.07, 6.45) is 3.59. The van der Waals surface area contributed by atoms with E-state index in [0.717, 1.165) is 6.26 Å². The van der Waals surface area contributed by atoms with E-state index in [0.29, 0.717) is 11.4 Å². The fourth-order valence-electron chi connectivity index (χ4n) is 1.46. The average Bonchev–Trinajstić information content (AvgIpc) is 2.40. The lowest BCUT2D eigenvalue weighted by molar-refractivity contribution is 0.102. The quantitative estimate of drug-likeness (QED) is 0.891. The van der Waals surface area contributed by atoms with Crippen molar-refractivity contribution in [1.82, 2.24) is 9.97 Å². The number of carbonyl (C=O) groups excluding carboxylic acids is 1. The minimum absolute atomic E-state index is 0.123. The maximum atomic E-state index is 11.9. The molecule has 1 heterocycles. The molecule has 0 aliphatic heterocycles. The molecule has 2 aromatic rings. The summed E-state index contributed by atoms with van der Waals surface area (Å²) in [5.74, 6) is -0.442. The van der Waals surface area contributed by atoms with Crippen molar-refractivity contribution in [2.75, 3.05) is 16.3 Å². The van der Waals surface area contributed by atoms with E-state index in [1.165, 1.54) is 24.5 Å². The fourth-order valence-corrected chi connectivity index (χ4v) is 2.12. The largest absolute Gasteiger partial charge is 0.321 e. The summed E-state index contributed by atoms with van der Waals surface area (Å²) in [4.78, 5) is 19.5. The number of amides is 1. The molecule has 0 unspecified atom stereocenters. The van der Waals surface area contributed by atoms with E-state index in [-0.39, 0.29) is 10.8 Å². The molecular formula is C12H11ClN4O3S. The predicted octanol–water partition coefficient (Wildman–Crippen LogP) is 1.75. The van der Waals surface area contributed by atoms with Gasteiger partial charge in [0.05, 0.1) is 18.6 Å². The summed E-state index contributed by atoms with van der Waals surface area (Å²) in [5.41, 5.74) is 1.02. The van der Waals surface area contributed by atoms with Crippen molar-refractivity contribution >= 4 is 38.9 Å². The molecule has 0 spiro atoms. The van der Waals surface area contributed by atoms with Gasteiger partial charge in [0.1, 0.15) is 10.8 Å². The molecule has 1 amide bonds. The SMILES string of the molecule is CS(=O)(=O)Nc1ccc(NC(=O)c2cnc(Cl)cn2)cc1. The lowest BCUT2D eigenvalue weighted by atomic mass is 10.3. The number of anilines is 2. The number of halogens is 1. The van der Waals surface area contributed by atoms with Crippen LogP contribution in [0.3, 0.4) is 0 Å². The molecule has 1 aromatic carbocycles. The zero-order valence-corrected chi connectivity index (χ0v) is 12.4. The van der Waals surface area contributed by atoms with E-state index in [4.69, 9.17) is 11.6 Å². The Balaban J connectivity index is 2.06. The molecule has 7 nitrogen and oxygen atoms in total. The van der Waals surface area contributed by atoms with Gasteiger partial charge in [-0.1, -0.05) is 11.6 Å². The highest BCUT2D eigenvalue weighted by Gasteiger charge is 2.08. The van der Waals surface area contributed by atoms with Crippen molar-refractivity contribution in [2.24, 2.45) is 0 Å². The monoisotopic (exact) mass is 326 g/mol. The van der Waals surface area contributed by atoms with Crippen molar-refractivity contribution in [1.29, 1.82) is 0 Å². The summed E-state index contributed by atoms with van der Waals surface area (Å²) >= 11 is 5.59. The van der Waals surface area contributed by atoms with Gasteiger partial charge in [-0.05, 0) is 24.3 Å². The van der Waals surface area contributed by atoms with Gasteiger partial charge >= 0.3 is 0 Å². The van der Waals surface area contributed by atoms with Gasteiger partial charge in [-0.2, -0.15) is 0 Å². The van der Waals surface area contributed by atoms with Crippen LogP contribution in [0.2, 0.25) is 5.15 Å². The van der Waals surface area contributed by atoms with Gasteiger partial charge in [0.2, 0.25) is 10.0 Å². The maximum Gasteiger partial charge on any atom is 0.275 e. The average molecular weight is 327 g/mol. The lowest BCUT2D eigenvalue weighted by Gasteiger charge is -2.07. The second-order valence-electron chi connectivity index (χ2n) is 4.13. The Labute approximate surface area is 126 Å². The van der Waals surface area contributed by atoms with E-state index < -0.39 is 15.9 Å². The van der Waals surface area contributed by atoms with Crippen molar-refractivity contribution in [3.8, 4) is 0 Å². The van der Waals surface area contributed by atoms with Crippen LogP contribution in [-0.4, -0.2) is 30.5 Å². The molecule has 0 atom stereocenters. The Hall–Kier alpha value is -2.19. The Bertz CT molecular complexity index is 745. The molecule has 0 radical (unpaired) electrons. The number of nitrogens with one attached hydrogen (secondary N) is 2. The molecule has 2 rings (SSSR count).